The zero-order chi connectivity index (χ0) is 40.0. The van der Waals surface area contributed by atoms with E-state index in [0.717, 1.165) is 25.7 Å². The maximum atomic E-state index is 12.4. The summed E-state index contributed by atoms with van der Waals surface area (Å²) in [4.78, 5) is 0. The largest absolute Gasteiger partial charge is 0.394 e. The summed E-state index contributed by atoms with van der Waals surface area (Å²) in [5.74, 6) is -0.912. The van der Waals surface area contributed by atoms with Crippen molar-refractivity contribution in [2.75, 3.05) is 19.8 Å². The molecule has 23 atom stereocenters. The van der Waals surface area contributed by atoms with Crippen molar-refractivity contribution < 1.29 is 79.9 Å². The third-order valence-electron chi connectivity index (χ3n) is 16.1. The van der Waals surface area contributed by atoms with E-state index in [-0.39, 0.29) is 66.5 Å². The van der Waals surface area contributed by atoms with E-state index in [4.69, 9.17) is 23.7 Å². The van der Waals surface area contributed by atoms with E-state index in [0.29, 0.717) is 19.3 Å². The molecule has 16 nitrogen and oxygen atoms in total. The summed E-state index contributed by atoms with van der Waals surface area (Å²) in [7, 11) is 0. The van der Waals surface area contributed by atoms with Gasteiger partial charge in [0.05, 0.1) is 43.7 Å². The Balaban J connectivity index is 0.967. The van der Waals surface area contributed by atoms with E-state index < -0.39 is 104 Å². The normalized spacial score (nSPS) is 57.0. The number of hydrogen-bond acceptors (Lipinski definition) is 16. The average molecular weight is 791 g/mol. The van der Waals surface area contributed by atoms with Crippen molar-refractivity contribution in [2.45, 2.75) is 177 Å². The Morgan fingerprint density at radius 3 is 2.02 bits per heavy atom. The highest BCUT2D eigenvalue weighted by atomic mass is 16.7. The molecule has 0 aromatic carbocycles. The van der Waals surface area contributed by atoms with Gasteiger partial charge in [-0.25, -0.2) is 0 Å². The summed E-state index contributed by atoms with van der Waals surface area (Å²) in [6.07, 6.45) is -10.7. The van der Waals surface area contributed by atoms with Gasteiger partial charge in [0.1, 0.15) is 48.8 Å². The smallest absolute Gasteiger partial charge is 0.186 e. The second kappa shape index (κ2) is 15.4. The molecule has 318 valence electrons. The molecule has 0 aromatic rings. The van der Waals surface area contributed by atoms with Gasteiger partial charge in [-0.3, -0.25) is 0 Å². The molecule has 0 bridgehead atoms. The lowest BCUT2D eigenvalue weighted by molar-refractivity contribution is -0.330. The first-order chi connectivity index (χ1) is 25.8. The van der Waals surface area contributed by atoms with E-state index >= 15 is 0 Å². The predicted molar refractivity (Wildman–Crippen MR) is 189 cm³/mol. The Hall–Kier alpha value is -0.640. The van der Waals surface area contributed by atoms with Crippen LogP contribution in [-0.2, 0) is 23.7 Å². The van der Waals surface area contributed by atoms with Crippen molar-refractivity contribution in [2.24, 2.45) is 46.3 Å². The minimum absolute atomic E-state index is 0.0325. The highest BCUT2D eigenvalue weighted by molar-refractivity contribution is 5.19. The van der Waals surface area contributed by atoms with Crippen LogP contribution < -0.4 is 0 Å². The molecule has 0 radical (unpaired) electrons. The van der Waals surface area contributed by atoms with Crippen LogP contribution in [0, 0.1) is 46.3 Å². The van der Waals surface area contributed by atoms with Crippen molar-refractivity contribution >= 4 is 0 Å². The number of aliphatic hydroxyl groups is 11. The molecule has 3 saturated heterocycles. The van der Waals surface area contributed by atoms with Gasteiger partial charge in [-0.15, -0.1) is 0 Å². The fourth-order valence-corrected chi connectivity index (χ4v) is 12.7. The fourth-order valence-electron chi connectivity index (χ4n) is 12.7. The Labute approximate surface area is 322 Å². The standard InChI is InChI=1S/C39H66O16/c1-17(16-51-34-32(47)30(45)28(43)24(14-40)53-34)5-10-39(50)18(2)27-23(55-39)12-22-20-6-9-38(49)13-19(52-35-33(48)31(46)29(44)25(15-41)54-35)11-26(42)37(38,4)21(20)7-8-36(22,27)3/h17-35,40-50H,5-16H2,1-4H3/t17-,18+,19+,20-,21+,22+,23+,24-,25-,26-,27+,28-,29-,30+,31+,32-,33-,34-,35-,36+,37+,38+,39-/m1/s1. The van der Waals surface area contributed by atoms with Gasteiger partial charge in [-0.2, -0.15) is 0 Å². The van der Waals surface area contributed by atoms with Gasteiger partial charge in [0.2, 0.25) is 0 Å². The highest BCUT2D eigenvalue weighted by Crippen LogP contribution is 2.71. The summed E-state index contributed by atoms with van der Waals surface area (Å²) in [6, 6.07) is 0. The maximum Gasteiger partial charge on any atom is 0.186 e. The zero-order valence-corrected chi connectivity index (χ0v) is 32.4. The van der Waals surface area contributed by atoms with Crippen LogP contribution in [0.4, 0.5) is 0 Å². The monoisotopic (exact) mass is 790 g/mol. The molecule has 0 unspecified atom stereocenters. The molecule has 0 spiro atoms. The van der Waals surface area contributed by atoms with Gasteiger partial charge >= 0.3 is 0 Å². The SMILES string of the molecule is C[C@H](CC[C@@]1(O)O[C@H]2C[C@H]3[C@@H]4CC[C@]5(O)C[C@@H](O[C@@H]6O[C@H](CO)[C@@H](O)[C@H](O)[C@H]6O)C[C@@H](O)[C@]5(C)[C@H]4CC[C@]3(C)[C@H]2[C@@H]1C)CO[C@@H]1O[C@H](CO)[C@@H](O)[C@H](O)[C@H]1O. The number of hydrogen-bond donors (Lipinski definition) is 11. The van der Waals surface area contributed by atoms with Crippen molar-refractivity contribution in [3.63, 3.8) is 0 Å². The summed E-state index contributed by atoms with van der Waals surface area (Å²) >= 11 is 0. The minimum Gasteiger partial charge on any atom is -0.394 e. The first-order valence-electron chi connectivity index (χ1n) is 20.5. The van der Waals surface area contributed by atoms with Gasteiger partial charge in [0.25, 0.3) is 0 Å². The topological polar surface area (TPSA) is 269 Å². The molecule has 4 aliphatic carbocycles. The van der Waals surface area contributed by atoms with Gasteiger partial charge < -0.3 is 79.9 Å². The Morgan fingerprint density at radius 2 is 1.38 bits per heavy atom. The molecule has 3 aliphatic heterocycles. The molecule has 7 rings (SSSR count). The van der Waals surface area contributed by atoms with E-state index in [1.807, 2.05) is 13.8 Å². The van der Waals surface area contributed by atoms with Crippen LogP contribution in [-0.4, -0.2) is 167 Å². The lowest BCUT2D eigenvalue weighted by Gasteiger charge is -2.65. The van der Waals surface area contributed by atoms with Crippen LogP contribution in [0.2, 0.25) is 0 Å². The van der Waals surface area contributed by atoms with Crippen LogP contribution in [0.1, 0.15) is 85.5 Å². The summed E-state index contributed by atoms with van der Waals surface area (Å²) in [5, 5.41) is 117. The quantitative estimate of drug-likeness (QED) is 0.112. The zero-order valence-electron chi connectivity index (χ0n) is 32.4. The Kier molecular flexibility index (Phi) is 11.9. The first-order valence-corrected chi connectivity index (χ1v) is 20.5. The van der Waals surface area contributed by atoms with Crippen molar-refractivity contribution in [1.29, 1.82) is 0 Å². The fraction of sp³-hybridized carbons (Fsp3) is 1.00. The summed E-state index contributed by atoms with van der Waals surface area (Å²) < 4.78 is 29.5. The number of ether oxygens (including phenoxy) is 5. The van der Waals surface area contributed by atoms with Crippen LogP contribution in [0.3, 0.4) is 0 Å². The highest BCUT2D eigenvalue weighted by Gasteiger charge is 2.71. The molecule has 55 heavy (non-hydrogen) atoms. The van der Waals surface area contributed by atoms with Crippen LogP contribution in [0.25, 0.3) is 0 Å². The molecule has 7 aliphatic rings. The minimum atomic E-state index is -1.59. The van der Waals surface area contributed by atoms with E-state index in [2.05, 4.69) is 13.8 Å². The molecule has 0 amide bonds. The lowest BCUT2D eigenvalue weighted by atomic mass is 9.42. The molecule has 7 fully saturated rings. The van der Waals surface area contributed by atoms with Crippen LogP contribution >= 0.6 is 0 Å². The average Bonchev–Trinajstić information content (AvgIpc) is 3.58. The lowest BCUT2D eigenvalue weighted by Crippen LogP contribution is -2.68. The molecule has 0 aromatic heterocycles. The first kappa shape index (κ1) is 42.5. The Morgan fingerprint density at radius 1 is 0.764 bits per heavy atom. The summed E-state index contributed by atoms with van der Waals surface area (Å²) in [6.45, 7) is 7.37. The van der Waals surface area contributed by atoms with Crippen LogP contribution in [0.5, 0.6) is 0 Å². The second-order valence-electron chi connectivity index (χ2n) is 18.9. The van der Waals surface area contributed by atoms with Gasteiger partial charge in [0.15, 0.2) is 18.4 Å². The van der Waals surface area contributed by atoms with Crippen LogP contribution in [0.15, 0.2) is 0 Å². The van der Waals surface area contributed by atoms with Gasteiger partial charge in [-0.1, -0.05) is 27.7 Å². The Bertz CT molecular complexity index is 1340. The molecule has 11 N–H and O–H groups in total. The maximum absolute atomic E-state index is 12.4. The van der Waals surface area contributed by atoms with E-state index in [1.54, 1.807) is 0 Å². The van der Waals surface area contributed by atoms with E-state index in [1.165, 1.54) is 0 Å². The van der Waals surface area contributed by atoms with Gasteiger partial charge in [-0.05, 0) is 73.5 Å². The molecular weight excluding hydrogens is 724 g/mol. The van der Waals surface area contributed by atoms with Gasteiger partial charge in [0, 0.05) is 30.6 Å². The second-order valence-corrected chi connectivity index (χ2v) is 18.9. The summed E-state index contributed by atoms with van der Waals surface area (Å²) in [5.41, 5.74) is -2.21. The third kappa shape index (κ3) is 6.85. The number of fused-ring (bicyclic) bond motifs is 7. The van der Waals surface area contributed by atoms with Crippen molar-refractivity contribution in [3.8, 4) is 0 Å². The van der Waals surface area contributed by atoms with Crippen molar-refractivity contribution in [3.05, 3.63) is 0 Å². The number of aliphatic hydroxyl groups excluding tert-OH is 9. The van der Waals surface area contributed by atoms with E-state index in [9.17, 15) is 56.2 Å². The predicted octanol–water partition coefficient (Wildman–Crippen LogP) is -1.52. The molecular formula is C39H66O16. The number of rotatable bonds is 10. The van der Waals surface area contributed by atoms with Crippen molar-refractivity contribution in [1.82, 2.24) is 0 Å². The third-order valence-corrected chi connectivity index (χ3v) is 16.1. The molecule has 4 saturated carbocycles. The molecule has 3 heterocycles. The molecule has 16 heteroatoms.